The molecule has 0 fully saturated rings. The monoisotopic (exact) mass is 353 g/mol. The third kappa shape index (κ3) is 5.65. The van der Waals surface area contributed by atoms with Gasteiger partial charge in [0.1, 0.15) is 11.6 Å². The lowest BCUT2D eigenvalue weighted by molar-refractivity contribution is -0.135. The van der Waals surface area contributed by atoms with Gasteiger partial charge in [-0.15, -0.1) is 0 Å². The van der Waals surface area contributed by atoms with E-state index >= 15 is 0 Å². The fourth-order valence-electron chi connectivity index (χ4n) is 1.73. The molecule has 3 nitrogen and oxygen atoms in total. The van der Waals surface area contributed by atoms with E-state index in [4.69, 9.17) is 5.26 Å². The highest BCUT2D eigenvalue weighted by Crippen LogP contribution is 2.32. The Hall–Kier alpha value is -2.42. The van der Waals surface area contributed by atoms with E-state index in [1.165, 1.54) is 30.6 Å². The number of esters is 1. The van der Waals surface area contributed by atoms with Crippen molar-refractivity contribution >= 4 is 29.5 Å². The predicted molar refractivity (Wildman–Crippen MR) is 98.4 cm³/mol. The number of nitriles is 1. The van der Waals surface area contributed by atoms with Crippen LogP contribution in [0.4, 0.5) is 0 Å². The van der Waals surface area contributed by atoms with Crippen LogP contribution < -0.4 is 0 Å². The molecule has 5 heteroatoms. The van der Waals surface area contributed by atoms with Crippen molar-refractivity contribution in [1.29, 1.82) is 5.26 Å². The van der Waals surface area contributed by atoms with E-state index < -0.39 is 5.97 Å². The molecule has 0 aliphatic rings. The van der Waals surface area contributed by atoms with Crippen molar-refractivity contribution in [3.63, 3.8) is 0 Å². The van der Waals surface area contributed by atoms with Crippen LogP contribution in [-0.2, 0) is 9.53 Å². The van der Waals surface area contributed by atoms with Crippen molar-refractivity contribution in [2.45, 2.75) is 9.79 Å². The first-order valence-electron chi connectivity index (χ1n) is 7.08. The Balaban J connectivity index is 2.28. The number of benzene rings is 2. The van der Waals surface area contributed by atoms with Gasteiger partial charge in [-0.2, -0.15) is 5.26 Å². The maximum absolute atomic E-state index is 11.6. The third-order valence-corrected chi connectivity index (χ3v) is 4.89. The lowest BCUT2D eigenvalue weighted by Crippen LogP contribution is -2.02. The molecule has 120 valence electrons. The van der Waals surface area contributed by atoms with Crippen molar-refractivity contribution in [2.24, 2.45) is 0 Å². The van der Waals surface area contributed by atoms with E-state index in [1.807, 2.05) is 72.1 Å². The second-order valence-corrected chi connectivity index (χ2v) is 6.62. The summed E-state index contributed by atoms with van der Waals surface area (Å²) in [6, 6.07) is 21.6. The summed E-state index contributed by atoms with van der Waals surface area (Å²) in [6.07, 6.45) is 1.56. The molecule has 0 saturated heterocycles. The molecular weight excluding hydrogens is 338 g/mol. The van der Waals surface area contributed by atoms with Crippen LogP contribution >= 0.6 is 23.5 Å². The molecule has 0 aliphatic carbocycles. The summed E-state index contributed by atoms with van der Waals surface area (Å²) in [5, 5.41) is 11.1. The van der Waals surface area contributed by atoms with Crippen LogP contribution in [0, 0.1) is 11.3 Å². The molecule has 0 amide bonds. The first-order chi connectivity index (χ1) is 11.7. The summed E-state index contributed by atoms with van der Waals surface area (Å²) < 4.78 is 4.64. The van der Waals surface area contributed by atoms with Crippen LogP contribution in [0.2, 0.25) is 0 Å². The van der Waals surface area contributed by atoms with Crippen molar-refractivity contribution < 1.29 is 9.53 Å². The number of carbonyl (C=O) groups excluding carboxylic acids is 1. The van der Waals surface area contributed by atoms with Crippen LogP contribution in [0.5, 0.6) is 0 Å². The molecule has 0 heterocycles. The second-order valence-electron chi connectivity index (χ2n) is 4.53. The van der Waals surface area contributed by atoms with E-state index in [-0.39, 0.29) is 5.57 Å². The highest BCUT2D eigenvalue weighted by atomic mass is 32.2. The quantitative estimate of drug-likeness (QED) is 0.239. The Morgan fingerprint density at radius 1 is 1.04 bits per heavy atom. The molecule has 2 aromatic rings. The van der Waals surface area contributed by atoms with Gasteiger partial charge in [0, 0.05) is 14.7 Å². The maximum Gasteiger partial charge on any atom is 0.348 e. The van der Waals surface area contributed by atoms with Crippen LogP contribution in [0.25, 0.3) is 0 Å². The topological polar surface area (TPSA) is 50.1 Å². The zero-order valence-corrected chi connectivity index (χ0v) is 14.6. The Labute approximate surface area is 150 Å². The van der Waals surface area contributed by atoms with E-state index in [0.717, 1.165) is 14.7 Å². The maximum atomic E-state index is 11.6. The van der Waals surface area contributed by atoms with Crippen molar-refractivity contribution in [2.75, 3.05) is 7.11 Å². The Bertz CT molecular complexity index is 778. The van der Waals surface area contributed by atoms with Crippen molar-refractivity contribution in [1.82, 2.24) is 0 Å². The van der Waals surface area contributed by atoms with Gasteiger partial charge in [0.25, 0.3) is 0 Å². The number of ether oxygens (including phenoxy) is 1. The van der Waals surface area contributed by atoms with Crippen LogP contribution in [0.1, 0.15) is 0 Å². The zero-order valence-electron chi connectivity index (χ0n) is 13.0. The number of thioether (sulfide) groups is 2. The summed E-state index contributed by atoms with van der Waals surface area (Å²) in [4.78, 5) is 14.5. The molecule has 0 radical (unpaired) electrons. The number of rotatable bonds is 6. The summed E-state index contributed by atoms with van der Waals surface area (Å²) in [6.45, 7) is 0. The van der Waals surface area contributed by atoms with Crippen molar-refractivity contribution in [3.05, 3.63) is 82.6 Å². The summed E-state index contributed by atoms with van der Waals surface area (Å²) in [7, 11) is 1.26. The Morgan fingerprint density at radius 3 is 2.17 bits per heavy atom. The number of methoxy groups -OCH3 is 1. The molecule has 2 rings (SSSR count). The predicted octanol–water partition coefficient (Wildman–Crippen LogP) is 5.04. The third-order valence-electron chi connectivity index (χ3n) is 2.85. The largest absolute Gasteiger partial charge is 0.465 e. The van der Waals surface area contributed by atoms with Gasteiger partial charge in [-0.1, -0.05) is 59.9 Å². The van der Waals surface area contributed by atoms with E-state index in [1.54, 1.807) is 6.08 Å². The molecule has 2 aromatic carbocycles. The molecular formula is C19H15NO2S2. The minimum absolute atomic E-state index is 0.0270. The highest BCUT2D eigenvalue weighted by Gasteiger charge is 2.10. The first-order valence-corrected chi connectivity index (χ1v) is 8.77. The number of hydrogen-bond donors (Lipinski definition) is 0. The summed E-state index contributed by atoms with van der Waals surface area (Å²) in [5.41, 5.74) is -0.0270. The number of allylic oxidation sites excluding steroid dienone is 1. The fourth-order valence-corrected chi connectivity index (χ4v) is 3.44. The van der Waals surface area contributed by atoms with Gasteiger partial charge in [0.15, 0.2) is 0 Å². The SMILES string of the molecule is COC(=O)/C(C#N)=C/C(=C/Sc1ccccc1)Sc1ccccc1. The van der Waals surface area contributed by atoms with Gasteiger partial charge in [-0.05, 0) is 35.7 Å². The molecule has 0 unspecified atom stereocenters. The molecule has 0 spiro atoms. The molecule has 0 atom stereocenters. The average Bonchev–Trinajstić information content (AvgIpc) is 2.65. The molecule has 0 aliphatic heterocycles. The summed E-state index contributed by atoms with van der Waals surface area (Å²) in [5.74, 6) is -0.637. The Morgan fingerprint density at radius 2 is 1.62 bits per heavy atom. The van der Waals surface area contributed by atoms with Gasteiger partial charge < -0.3 is 4.74 Å². The van der Waals surface area contributed by atoms with E-state index in [9.17, 15) is 4.79 Å². The lowest BCUT2D eigenvalue weighted by Gasteiger charge is -2.04. The zero-order chi connectivity index (χ0) is 17.2. The van der Waals surface area contributed by atoms with E-state index in [0.29, 0.717) is 0 Å². The second kappa shape index (κ2) is 9.66. The van der Waals surface area contributed by atoms with Gasteiger partial charge in [0.2, 0.25) is 0 Å². The number of carbonyl (C=O) groups is 1. The molecule has 24 heavy (non-hydrogen) atoms. The number of hydrogen-bond acceptors (Lipinski definition) is 5. The van der Waals surface area contributed by atoms with Crippen LogP contribution in [0.15, 0.2) is 92.4 Å². The molecule has 0 bridgehead atoms. The van der Waals surface area contributed by atoms with Gasteiger partial charge >= 0.3 is 5.97 Å². The van der Waals surface area contributed by atoms with E-state index in [2.05, 4.69) is 4.74 Å². The lowest BCUT2D eigenvalue weighted by atomic mass is 10.3. The van der Waals surface area contributed by atoms with Crippen LogP contribution in [-0.4, -0.2) is 13.1 Å². The smallest absolute Gasteiger partial charge is 0.348 e. The normalized spacial score (nSPS) is 11.7. The van der Waals surface area contributed by atoms with Crippen molar-refractivity contribution in [3.8, 4) is 6.07 Å². The van der Waals surface area contributed by atoms with Gasteiger partial charge in [-0.25, -0.2) is 4.79 Å². The van der Waals surface area contributed by atoms with Gasteiger partial charge in [-0.3, -0.25) is 0 Å². The molecule has 0 aromatic heterocycles. The standard InChI is InChI=1S/C19H15NO2S2/c1-22-19(21)15(13-20)12-18(24-17-10-6-3-7-11-17)14-23-16-8-4-2-5-9-16/h2-12,14H,1H3/b15-12+,18-14-. The number of nitrogens with zero attached hydrogens (tertiary/aromatic N) is 1. The minimum atomic E-state index is -0.637. The molecule has 0 saturated carbocycles. The van der Waals surface area contributed by atoms with Crippen LogP contribution in [0.3, 0.4) is 0 Å². The fraction of sp³-hybridized carbons (Fsp3) is 0.0526. The average molecular weight is 353 g/mol. The highest BCUT2D eigenvalue weighted by molar-refractivity contribution is 8.06. The minimum Gasteiger partial charge on any atom is -0.465 e. The molecule has 0 N–H and O–H groups in total. The first kappa shape index (κ1) is 17.9. The summed E-state index contributed by atoms with van der Waals surface area (Å²) >= 11 is 3.02. The van der Waals surface area contributed by atoms with Gasteiger partial charge in [0.05, 0.1) is 7.11 Å². The Kier molecular flexibility index (Phi) is 7.21.